The van der Waals surface area contributed by atoms with Crippen LogP contribution >= 0.6 is 39.5 Å². The van der Waals surface area contributed by atoms with Gasteiger partial charge in [-0.15, -0.1) is 5.10 Å². The van der Waals surface area contributed by atoms with Crippen LogP contribution in [0.1, 0.15) is 16.9 Å². The zero-order chi connectivity index (χ0) is 18.0. The first-order chi connectivity index (χ1) is 11.9. The minimum Gasteiger partial charge on any atom is -0.453 e. The lowest BCUT2D eigenvalue weighted by Gasteiger charge is -2.14. The molecule has 1 aromatic carbocycles. The fourth-order valence-corrected chi connectivity index (χ4v) is 3.72. The first-order valence-corrected chi connectivity index (χ1v) is 9.77. The van der Waals surface area contributed by atoms with Gasteiger partial charge in [0.25, 0.3) is 0 Å². The molecule has 8 heteroatoms. The molecule has 0 aliphatic carbocycles. The van der Waals surface area contributed by atoms with E-state index < -0.39 is 0 Å². The summed E-state index contributed by atoms with van der Waals surface area (Å²) in [6, 6.07) is 10.1. The summed E-state index contributed by atoms with van der Waals surface area (Å²) < 4.78 is 8.83. The Kier molecular flexibility index (Phi) is 5.73. The Labute approximate surface area is 164 Å². The zero-order valence-corrected chi connectivity index (χ0v) is 17.5. The first-order valence-electron chi connectivity index (χ1n) is 7.75. The molecule has 132 valence electrons. The van der Waals surface area contributed by atoms with E-state index in [0.717, 1.165) is 25.2 Å². The number of rotatable bonds is 6. The van der Waals surface area contributed by atoms with Crippen molar-refractivity contribution in [2.45, 2.75) is 27.1 Å². The van der Waals surface area contributed by atoms with Crippen molar-refractivity contribution in [3.8, 4) is 0 Å². The highest BCUT2D eigenvalue weighted by atomic mass is 79.9. The number of nitrogens with one attached hydrogen (secondary N) is 1. The van der Waals surface area contributed by atoms with Gasteiger partial charge in [0.2, 0.25) is 5.13 Å². The Morgan fingerprint density at radius 1 is 1.28 bits per heavy atom. The lowest BCUT2D eigenvalue weighted by atomic mass is 10.1. The normalized spacial score (nSPS) is 11.2. The van der Waals surface area contributed by atoms with Crippen LogP contribution in [0.25, 0.3) is 0 Å². The van der Waals surface area contributed by atoms with Gasteiger partial charge in [0.1, 0.15) is 5.76 Å². The molecule has 0 spiro atoms. The highest BCUT2D eigenvalue weighted by Crippen LogP contribution is 2.22. The van der Waals surface area contributed by atoms with Gasteiger partial charge in [0, 0.05) is 5.69 Å². The number of aryl methyl sites for hydroxylation is 2. The molecule has 5 nitrogen and oxygen atoms in total. The van der Waals surface area contributed by atoms with E-state index in [0.29, 0.717) is 13.2 Å². The lowest BCUT2D eigenvalue weighted by molar-refractivity contribution is 0.226. The third-order valence-electron chi connectivity index (χ3n) is 3.79. The quantitative estimate of drug-likeness (QED) is 0.516. The van der Waals surface area contributed by atoms with E-state index in [1.165, 1.54) is 22.5 Å². The molecule has 0 atom stereocenters. The van der Waals surface area contributed by atoms with Crippen LogP contribution in [0.4, 0.5) is 10.8 Å². The predicted molar refractivity (Wildman–Crippen MR) is 108 cm³/mol. The second-order valence-corrected chi connectivity index (χ2v) is 8.36. The molecule has 0 amide bonds. The summed E-state index contributed by atoms with van der Waals surface area (Å²) in [6.45, 7) is 5.49. The molecule has 3 aromatic rings. The van der Waals surface area contributed by atoms with E-state index in [4.69, 9.17) is 16.6 Å². The van der Waals surface area contributed by atoms with Crippen LogP contribution in [0, 0.1) is 17.8 Å². The Morgan fingerprint density at radius 3 is 2.76 bits per heavy atom. The lowest BCUT2D eigenvalue weighted by Crippen LogP contribution is -2.22. The van der Waals surface area contributed by atoms with Crippen LogP contribution in [0.15, 0.2) is 39.4 Å². The number of furan rings is 1. The molecular formula is C17H19BrN4OS2. The van der Waals surface area contributed by atoms with Gasteiger partial charge in [-0.3, -0.25) is 4.90 Å². The van der Waals surface area contributed by atoms with Crippen LogP contribution in [-0.2, 0) is 13.2 Å². The minimum absolute atomic E-state index is 0.599. The summed E-state index contributed by atoms with van der Waals surface area (Å²) in [7, 11) is 2.01. The van der Waals surface area contributed by atoms with Crippen molar-refractivity contribution in [2.24, 2.45) is 0 Å². The molecule has 0 saturated carbocycles. The monoisotopic (exact) mass is 438 g/mol. The molecule has 0 aliphatic heterocycles. The maximum absolute atomic E-state index is 5.54. The molecule has 2 heterocycles. The molecular weight excluding hydrogens is 420 g/mol. The van der Waals surface area contributed by atoms with Crippen LogP contribution in [0.2, 0.25) is 0 Å². The SMILES string of the molecule is Cc1ccc(Nc2nn(CN(C)Cc3ccc(Br)o3)c(=S)s2)cc1C. The van der Waals surface area contributed by atoms with Gasteiger partial charge in [0.15, 0.2) is 8.62 Å². The van der Waals surface area contributed by atoms with Crippen molar-refractivity contribution < 1.29 is 4.42 Å². The van der Waals surface area contributed by atoms with Crippen molar-refractivity contribution in [1.29, 1.82) is 0 Å². The summed E-state index contributed by atoms with van der Waals surface area (Å²) >= 11 is 10.2. The van der Waals surface area contributed by atoms with E-state index in [1.807, 2.05) is 23.9 Å². The third kappa shape index (κ3) is 4.78. The van der Waals surface area contributed by atoms with Gasteiger partial charge in [0.05, 0.1) is 13.2 Å². The van der Waals surface area contributed by atoms with E-state index in [9.17, 15) is 0 Å². The van der Waals surface area contributed by atoms with Gasteiger partial charge < -0.3 is 9.73 Å². The average molecular weight is 439 g/mol. The molecule has 25 heavy (non-hydrogen) atoms. The zero-order valence-electron chi connectivity index (χ0n) is 14.2. The fourth-order valence-electron chi connectivity index (χ4n) is 2.37. The van der Waals surface area contributed by atoms with Crippen LogP contribution in [0.3, 0.4) is 0 Å². The van der Waals surface area contributed by atoms with Crippen molar-refractivity contribution >= 4 is 50.3 Å². The molecule has 0 bridgehead atoms. The molecule has 0 saturated heterocycles. The first kappa shape index (κ1) is 18.3. The molecule has 0 aliphatic rings. The number of benzene rings is 1. The summed E-state index contributed by atoms with van der Waals surface area (Å²) in [5.41, 5.74) is 3.54. The fraction of sp³-hybridized carbons (Fsp3) is 0.294. The van der Waals surface area contributed by atoms with Crippen molar-refractivity contribution in [2.75, 3.05) is 12.4 Å². The standard InChI is InChI=1S/C17H19BrN4OS2/c1-11-4-5-13(8-12(11)2)19-16-20-22(17(24)25-16)10-21(3)9-14-6-7-15(18)23-14/h4-8H,9-10H2,1-3H3,(H,19,20). The number of hydrogen-bond acceptors (Lipinski definition) is 6. The number of anilines is 2. The van der Waals surface area contributed by atoms with E-state index in [-0.39, 0.29) is 0 Å². The Hall–Kier alpha value is -1.48. The Bertz CT molecular complexity index is 931. The number of aromatic nitrogens is 2. The van der Waals surface area contributed by atoms with Crippen molar-refractivity contribution in [1.82, 2.24) is 14.7 Å². The molecule has 1 N–H and O–H groups in total. The van der Waals surface area contributed by atoms with Crippen LogP contribution < -0.4 is 5.32 Å². The molecule has 2 aromatic heterocycles. The smallest absolute Gasteiger partial charge is 0.209 e. The topological polar surface area (TPSA) is 46.2 Å². The molecule has 0 unspecified atom stereocenters. The second-order valence-electron chi connectivity index (χ2n) is 5.96. The molecule has 0 fully saturated rings. The maximum Gasteiger partial charge on any atom is 0.209 e. The highest BCUT2D eigenvalue weighted by Gasteiger charge is 2.09. The predicted octanol–water partition coefficient (Wildman–Crippen LogP) is 5.48. The average Bonchev–Trinajstić information content (AvgIpc) is 3.09. The van der Waals surface area contributed by atoms with Crippen molar-refractivity contribution in [3.63, 3.8) is 0 Å². The van der Waals surface area contributed by atoms with E-state index >= 15 is 0 Å². The summed E-state index contributed by atoms with van der Waals surface area (Å²) in [5.74, 6) is 0.893. The van der Waals surface area contributed by atoms with Gasteiger partial charge in [-0.25, -0.2) is 4.68 Å². The third-order valence-corrected chi connectivity index (χ3v) is 5.44. The highest BCUT2D eigenvalue weighted by molar-refractivity contribution is 9.10. The van der Waals surface area contributed by atoms with E-state index in [2.05, 4.69) is 63.3 Å². The van der Waals surface area contributed by atoms with Crippen molar-refractivity contribution in [3.05, 3.63) is 55.8 Å². The summed E-state index contributed by atoms with van der Waals surface area (Å²) in [5, 5.41) is 8.71. The molecule has 3 rings (SSSR count). The Morgan fingerprint density at radius 2 is 2.08 bits per heavy atom. The maximum atomic E-state index is 5.54. The number of halogens is 1. The van der Waals surface area contributed by atoms with Gasteiger partial charge in [-0.2, -0.15) is 0 Å². The van der Waals surface area contributed by atoms with E-state index in [1.54, 1.807) is 0 Å². The minimum atomic E-state index is 0.599. The van der Waals surface area contributed by atoms with Crippen LogP contribution in [0.5, 0.6) is 0 Å². The molecule has 0 radical (unpaired) electrons. The van der Waals surface area contributed by atoms with Gasteiger partial charge >= 0.3 is 0 Å². The summed E-state index contributed by atoms with van der Waals surface area (Å²) in [6.07, 6.45) is 0. The van der Waals surface area contributed by atoms with Crippen LogP contribution in [-0.4, -0.2) is 21.7 Å². The summed E-state index contributed by atoms with van der Waals surface area (Å²) in [4.78, 5) is 2.10. The van der Waals surface area contributed by atoms with Gasteiger partial charge in [-0.1, -0.05) is 17.4 Å². The number of hydrogen-bond donors (Lipinski definition) is 1. The number of nitrogens with zero attached hydrogens (tertiary/aromatic N) is 3. The van der Waals surface area contributed by atoms with Gasteiger partial charge in [-0.05, 0) is 84.4 Å². The second kappa shape index (κ2) is 7.82. The Balaban J connectivity index is 1.67. The largest absolute Gasteiger partial charge is 0.453 e.